The Kier molecular flexibility index (Phi) is 5.51. The Bertz CT molecular complexity index is 715. The van der Waals surface area contributed by atoms with Gasteiger partial charge in [0, 0.05) is 12.1 Å². The van der Waals surface area contributed by atoms with E-state index in [0.29, 0.717) is 17.0 Å². The Morgan fingerprint density at radius 2 is 1.83 bits per heavy atom. The second-order valence-corrected chi connectivity index (χ2v) is 5.74. The van der Waals surface area contributed by atoms with Crippen molar-refractivity contribution in [3.05, 3.63) is 70.8 Å². The molecule has 1 unspecified atom stereocenters. The van der Waals surface area contributed by atoms with Crippen LogP contribution in [0, 0.1) is 11.3 Å². The molecule has 0 saturated heterocycles. The Labute approximate surface area is 136 Å². The van der Waals surface area contributed by atoms with Crippen LogP contribution in [0.25, 0.3) is 0 Å². The van der Waals surface area contributed by atoms with E-state index in [0.717, 1.165) is 5.56 Å². The first-order valence-corrected chi connectivity index (χ1v) is 7.57. The molecular weight excluding hydrogens is 288 g/mol. The second-order valence-electron chi connectivity index (χ2n) is 5.74. The summed E-state index contributed by atoms with van der Waals surface area (Å²) < 4.78 is 0. The molecule has 1 amide bonds. The first kappa shape index (κ1) is 16.7. The number of nitrogens with zero attached hydrogens (tertiary/aromatic N) is 1. The Morgan fingerprint density at radius 1 is 1.17 bits per heavy atom. The fourth-order valence-electron chi connectivity index (χ4n) is 2.24. The molecule has 2 aromatic carbocycles. The van der Waals surface area contributed by atoms with Gasteiger partial charge in [-0.05, 0) is 35.2 Å². The van der Waals surface area contributed by atoms with Crippen molar-refractivity contribution in [2.75, 3.05) is 6.54 Å². The number of carbonyl (C=O) groups excluding carboxylic acids is 1. The summed E-state index contributed by atoms with van der Waals surface area (Å²) in [7, 11) is 0. The molecule has 0 saturated carbocycles. The van der Waals surface area contributed by atoms with Gasteiger partial charge in [-0.2, -0.15) is 5.26 Å². The molecule has 0 aliphatic rings. The van der Waals surface area contributed by atoms with Crippen LogP contribution < -0.4 is 5.32 Å². The van der Waals surface area contributed by atoms with E-state index in [2.05, 4.69) is 19.2 Å². The van der Waals surface area contributed by atoms with Crippen molar-refractivity contribution in [1.29, 1.82) is 5.26 Å². The fraction of sp³-hybridized carbons (Fsp3) is 0.263. The van der Waals surface area contributed by atoms with Crippen molar-refractivity contribution < 1.29 is 9.90 Å². The van der Waals surface area contributed by atoms with Crippen LogP contribution in [0.5, 0.6) is 0 Å². The van der Waals surface area contributed by atoms with Gasteiger partial charge in [0.1, 0.15) is 0 Å². The summed E-state index contributed by atoms with van der Waals surface area (Å²) in [5, 5.41) is 21.7. The minimum Gasteiger partial charge on any atom is -0.387 e. The standard InChI is InChI=1S/C19H20N2O2/c1-13(2)15-6-8-16(9-7-15)18(22)12-21-19(23)17-5-3-4-14(10-17)11-20/h3-10,13,18,22H,12H2,1-2H3,(H,21,23). The van der Waals surface area contributed by atoms with Gasteiger partial charge in [-0.25, -0.2) is 0 Å². The summed E-state index contributed by atoms with van der Waals surface area (Å²) in [6.07, 6.45) is -0.765. The molecule has 0 heterocycles. The smallest absolute Gasteiger partial charge is 0.251 e. The summed E-state index contributed by atoms with van der Waals surface area (Å²) >= 11 is 0. The number of amides is 1. The van der Waals surface area contributed by atoms with Gasteiger partial charge >= 0.3 is 0 Å². The lowest BCUT2D eigenvalue weighted by molar-refractivity contribution is 0.0916. The summed E-state index contributed by atoms with van der Waals surface area (Å²) in [5.74, 6) is 0.133. The molecule has 0 bridgehead atoms. The van der Waals surface area contributed by atoms with Crippen molar-refractivity contribution in [1.82, 2.24) is 5.32 Å². The summed E-state index contributed by atoms with van der Waals surface area (Å²) in [4.78, 5) is 12.1. The largest absolute Gasteiger partial charge is 0.387 e. The molecular formula is C19H20N2O2. The number of aliphatic hydroxyl groups is 1. The molecule has 118 valence electrons. The molecule has 23 heavy (non-hydrogen) atoms. The van der Waals surface area contributed by atoms with Crippen LogP contribution in [-0.4, -0.2) is 17.6 Å². The number of carbonyl (C=O) groups is 1. The lowest BCUT2D eigenvalue weighted by Gasteiger charge is -2.14. The van der Waals surface area contributed by atoms with Crippen LogP contribution in [-0.2, 0) is 0 Å². The van der Waals surface area contributed by atoms with Gasteiger partial charge in [0.05, 0.1) is 17.7 Å². The quantitative estimate of drug-likeness (QED) is 0.891. The molecule has 0 aromatic heterocycles. The van der Waals surface area contributed by atoms with Crippen molar-refractivity contribution in [3.8, 4) is 6.07 Å². The molecule has 2 aromatic rings. The highest BCUT2D eigenvalue weighted by Gasteiger charge is 2.11. The molecule has 2 rings (SSSR count). The molecule has 0 aliphatic carbocycles. The third-order valence-corrected chi connectivity index (χ3v) is 3.70. The number of aliphatic hydroxyl groups excluding tert-OH is 1. The van der Waals surface area contributed by atoms with Crippen molar-refractivity contribution in [2.24, 2.45) is 0 Å². The van der Waals surface area contributed by atoms with E-state index in [1.165, 1.54) is 11.6 Å². The van der Waals surface area contributed by atoms with Crippen LogP contribution in [0.1, 0.15) is 52.9 Å². The predicted molar refractivity (Wildman–Crippen MR) is 89.0 cm³/mol. The number of nitriles is 1. The van der Waals surface area contributed by atoms with Crippen LogP contribution in [0.4, 0.5) is 0 Å². The first-order valence-electron chi connectivity index (χ1n) is 7.57. The highest BCUT2D eigenvalue weighted by atomic mass is 16.3. The third-order valence-electron chi connectivity index (χ3n) is 3.70. The molecule has 0 radical (unpaired) electrons. The van der Waals surface area contributed by atoms with Gasteiger partial charge < -0.3 is 10.4 Å². The lowest BCUT2D eigenvalue weighted by atomic mass is 10.00. The summed E-state index contributed by atoms with van der Waals surface area (Å²) in [6.45, 7) is 4.35. The lowest BCUT2D eigenvalue weighted by Crippen LogP contribution is -2.28. The number of benzene rings is 2. The van der Waals surface area contributed by atoms with E-state index in [9.17, 15) is 9.90 Å². The molecule has 2 N–H and O–H groups in total. The molecule has 0 fully saturated rings. The van der Waals surface area contributed by atoms with Gasteiger partial charge in [0.15, 0.2) is 0 Å². The van der Waals surface area contributed by atoms with Crippen molar-refractivity contribution in [3.63, 3.8) is 0 Å². The average Bonchev–Trinajstić information content (AvgIpc) is 2.59. The maximum atomic E-state index is 12.1. The highest BCUT2D eigenvalue weighted by Crippen LogP contribution is 2.18. The van der Waals surface area contributed by atoms with Crippen LogP contribution >= 0.6 is 0 Å². The van der Waals surface area contributed by atoms with E-state index in [1.54, 1.807) is 18.2 Å². The number of rotatable bonds is 5. The molecule has 0 spiro atoms. The van der Waals surface area contributed by atoms with Crippen LogP contribution in [0.2, 0.25) is 0 Å². The van der Waals surface area contributed by atoms with Crippen molar-refractivity contribution in [2.45, 2.75) is 25.9 Å². The van der Waals surface area contributed by atoms with Crippen LogP contribution in [0.3, 0.4) is 0 Å². The van der Waals surface area contributed by atoms with Gasteiger partial charge in [-0.1, -0.05) is 44.2 Å². The fourth-order valence-corrected chi connectivity index (χ4v) is 2.24. The zero-order chi connectivity index (χ0) is 16.8. The molecule has 4 nitrogen and oxygen atoms in total. The van der Waals surface area contributed by atoms with E-state index in [-0.39, 0.29) is 12.5 Å². The van der Waals surface area contributed by atoms with E-state index >= 15 is 0 Å². The maximum absolute atomic E-state index is 12.1. The maximum Gasteiger partial charge on any atom is 0.251 e. The third kappa shape index (κ3) is 4.41. The number of hydrogen-bond donors (Lipinski definition) is 2. The Morgan fingerprint density at radius 3 is 2.43 bits per heavy atom. The van der Waals surface area contributed by atoms with Crippen molar-refractivity contribution >= 4 is 5.91 Å². The Balaban J connectivity index is 1.96. The average molecular weight is 308 g/mol. The predicted octanol–water partition coefficient (Wildman–Crippen LogP) is 3.15. The van der Waals surface area contributed by atoms with E-state index in [1.807, 2.05) is 30.3 Å². The minimum atomic E-state index is -0.765. The molecule has 0 aliphatic heterocycles. The van der Waals surface area contributed by atoms with Crippen LogP contribution in [0.15, 0.2) is 48.5 Å². The SMILES string of the molecule is CC(C)c1ccc(C(O)CNC(=O)c2cccc(C#N)c2)cc1. The van der Waals surface area contributed by atoms with Gasteiger partial charge in [-0.15, -0.1) is 0 Å². The zero-order valence-corrected chi connectivity index (χ0v) is 13.3. The van der Waals surface area contributed by atoms with Gasteiger partial charge in [0.25, 0.3) is 5.91 Å². The summed E-state index contributed by atoms with van der Waals surface area (Å²) in [5.41, 5.74) is 2.81. The first-order chi connectivity index (χ1) is 11.0. The van der Waals surface area contributed by atoms with E-state index in [4.69, 9.17) is 5.26 Å². The van der Waals surface area contributed by atoms with E-state index < -0.39 is 6.10 Å². The molecule has 4 heteroatoms. The Hall–Kier alpha value is -2.64. The molecule has 1 atom stereocenters. The number of nitrogens with one attached hydrogen (secondary N) is 1. The van der Waals surface area contributed by atoms with Gasteiger partial charge in [0.2, 0.25) is 0 Å². The zero-order valence-electron chi connectivity index (χ0n) is 13.3. The normalized spacial score (nSPS) is 11.8. The topological polar surface area (TPSA) is 73.1 Å². The number of hydrogen-bond acceptors (Lipinski definition) is 3. The monoisotopic (exact) mass is 308 g/mol. The highest BCUT2D eigenvalue weighted by molar-refractivity contribution is 5.94. The summed E-state index contributed by atoms with van der Waals surface area (Å²) in [6, 6.07) is 16.2. The second kappa shape index (κ2) is 7.57. The minimum absolute atomic E-state index is 0.122. The van der Waals surface area contributed by atoms with Gasteiger partial charge in [-0.3, -0.25) is 4.79 Å².